The van der Waals surface area contributed by atoms with E-state index in [2.05, 4.69) is 0 Å². The van der Waals surface area contributed by atoms with Crippen molar-refractivity contribution in [3.63, 3.8) is 0 Å². The molecule has 0 N–H and O–H groups in total. The van der Waals surface area contributed by atoms with E-state index in [4.69, 9.17) is 21.2 Å². The van der Waals surface area contributed by atoms with E-state index >= 15 is 0 Å². The second-order valence-electron chi connectivity index (χ2n) is 3.01. The Hall–Kier alpha value is 0.178. The van der Waals surface area contributed by atoms with Crippen molar-refractivity contribution in [2.75, 3.05) is 6.61 Å². The maximum absolute atomic E-state index is 10.5. The molecule has 0 spiro atoms. The van der Waals surface area contributed by atoms with Crippen LogP contribution in [0.1, 0.15) is 13.3 Å². The van der Waals surface area contributed by atoms with Gasteiger partial charge in [0.25, 0.3) is 30.0 Å². The summed E-state index contributed by atoms with van der Waals surface area (Å²) in [6.45, 7) is 1.86. The van der Waals surface area contributed by atoms with Crippen LogP contribution in [0.5, 0.6) is 0 Å². The highest BCUT2D eigenvalue weighted by molar-refractivity contribution is 6.59. The van der Waals surface area contributed by atoms with E-state index in [0.717, 1.165) is 12.5 Å². The van der Waals surface area contributed by atoms with Crippen LogP contribution in [-0.2, 0) is 26.0 Å². The van der Waals surface area contributed by atoms with Crippen LogP contribution >= 0.6 is 0 Å². The standard InChI is InChI=1S/C5H16O6Si4/c1-5(6)7-3-2-4-15-10-13-8-12-9-14-11-15/h15H,2-4,12-14H2,1H3. The molecule has 10 heteroatoms. The quantitative estimate of drug-likeness (QED) is 0.317. The van der Waals surface area contributed by atoms with Gasteiger partial charge >= 0.3 is 15.3 Å². The molecular formula is C5H16O6Si4. The van der Waals surface area contributed by atoms with Gasteiger partial charge in [-0.1, -0.05) is 0 Å². The van der Waals surface area contributed by atoms with E-state index in [1.165, 1.54) is 6.92 Å². The zero-order valence-corrected chi connectivity index (χ0v) is 14.2. The van der Waals surface area contributed by atoms with Crippen molar-refractivity contribution in [1.82, 2.24) is 0 Å². The first kappa shape index (κ1) is 13.2. The fourth-order valence-electron chi connectivity index (χ4n) is 1.06. The third-order valence-electron chi connectivity index (χ3n) is 1.73. The van der Waals surface area contributed by atoms with Crippen LogP contribution in [0.3, 0.4) is 0 Å². The fraction of sp³-hybridized carbons (Fsp3) is 0.800. The molecule has 0 atom stereocenters. The predicted octanol–water partition coefficient (Wildman–Crippen LogP) is -2.76. The predicted molar refractivity (Wildman–Crippen MR) is 63.2 cm³/mol. The maximum atomic E-state index is 10.5. The van der Waals surface area contributed by atoms with Gasteiger partial charge < -0.3 is 21.2 Å². The SMILES string of the molecule is CC(=O)OCCC[SiH]1O[SiH2]O[SiH2]O[SiH2]O1. The van der Waals surface area contributed by atoms with E-state index in [1.807, 2.05) is 0 Å². The number of ether oxygens (including phenoxy) is 1. The molecule has 0 bridgehead atoms. The summed E-state index contributed by atoms with van der Waals surface area (Å²) in [7, 11) is -4.05. The maximum Gasteiger partial charge on any atom is 0.303 e. The lowest BCUT2D eigenvalue weighted by molar-refractivity contribution is -0.140. The number of esters is 1. The summed E-state index contributed by atoms with van der Waals surface area (Å²) in [5.41, 5.74) is 0. The third-order valence-corrected chi connectivity index (χ3v) is 9.34. The summed E-state index contributed by atoms with van der Waals surface area (Å²) < 4.78 is 26.5. The number of hydrogen-bond donors (Lipinski definition) is 0. The molecule has 0 radical (unpaired) electrons. The average molecular weight is 285 g/mol. The van der Waals surface area contributed by atoms with Gasteiger partial charge in [0, 0.05) is 6.92 Å². The lowest BCUT2D eigenvalue weighted by atomic mass is 10.5. The first-order valence-corrected chi connectivity index (χ1v) is 10.0. The zero-order chi connectivity index (χ0) is 10.9. The van der Waals surface area contributed by atoms with Gasteiger partial charge in [0.05, 0.1) is 6.61 Å². The Morgan fingerprint density at radius 3 is 2.53 bits per heavy atom. The van der Waals surface area contributed by atoms with Crippen LogP contribution in [0, 0.1) is 0 Å². The lowest BCUT2D eigenvalue weighted by Crippen LogP contribution is -2.33. The largest absolute Gasteiger partial charge is 0.466 e. The zero-order valence-electron chi connectivity index (χ0n) is 8.77. The summed E-state index contributed by atoms with van der Waals surface area (Å²) >= 11 is 0. The van der Waals surface area contributed by atoms with Gasteiger partial charge in [0.1, 0.15) is 0 Å². The fourth-order valence-corrected chi connectivity index (χ4v) is 9.93. The molecule has 0 saturated carbocycles. The van der Waals surface area contributed by atoms with Crippen molar-refractivity contribution in [3.05, 3.63) is 0 Å². The molecule has 0 aliphatic carbocycles. The molecule has 0 unspecified atom stereocenters. The van der Waals surface area contributed by atoms with Crippen molar-refractivity contribution < 1.29 is 26.0 Å². The Labute approximate surface area is 97.6 Å². The van der Waals surface area contributed by atoms with Crippen molar-refractivity contribution >= 4 is 45.3 Å². The normalized spacial score (nSPS) is 27.7. The van der Waals surface area contributed by atoms with E-state index in [1.54, 1.807) is 0 Å². The van der Waals surface area contributed by atoms with Crippen molar-refractivity contribution in [2.24, 2.45) is 0 Å². The summed E-state index contributed by atoms with van der Waals surface area (Å²) in [5, 5.41) is 0. The Balaban J connectivity index is 2.04. The Morgan fingerprint density at radius 2 is 1.93 bits per heavy atom. The second-order valence-corrected chi connectivity index (χ2v) is 11.1. The van der Waals surface area contributed by atoms with Crippen molar-refractivity contribution in [1.29, 1.82) is 0 Å². The van der Waals surface area contributed by atoms with Crippen LogP contribution in [0.25, 0.3) is 0 Å². The molecule has 1 fully saturated rings. The minimum Gasteiger partial charge on any atom is -0.466 e. The van der Waals surface area contributed by atoms with E-state index in [0.29, 0.717) is 6.61 Å². The van der Waals surface area contributed by atoms with Gasteiger partial charge in [0.15, 0.2) is 0 Å². The molecule has 0 aromatic carbocycles. The van der Waals surface area contributed by atoms with Crippen LogP contribution < -0.4 is 0 Å². The Bertz CT molecular complexity index is 184. The molecule has 0 aromatic rings. The molecule has 1 aliphatic rings. The highest BCUT2D eigenvalue weighted by Crippen LogP contribution is 2.02. The van der Waals surface area contributed by atoms with E-state index < -0.39 is 39.3 Å². The minimum absolute atomic E-state index is 0.238. The molecule has 15 heavy (non-hydrogen) atoms. The van der Waals surface area contributed by atoms with Crippen LogP contribution in [0.4, 0.5) is 0 Å². The monoisotopic (exact) mass is 284 g/mol. The Morgan fingerprint density at radius 1 is 1.27 bits per heavy atom. The summed E-state index contributed by atoms with van der Waals surface area (Å²) in [4.78, 5) is 10.5. The minimum atomic E-state index is -1.56. The van der Waals surface area contributed by atoms with Gasteiger partial charge in [-0.15, -0.1) is 0 Å². The molecular weight excluding hydrogens is 268 g/mol. The summed E-state index contributed by atoms with van der Waals surface area (Å²) in [6.07, 6.45) is 0.802. The van der Waals surface area contributed by atoms with Gasteiger partial charge in [-0.3, -0.25) is 4.79 Å². The second kappa shape index (κ2) is 8.34. The van der Waals surface area contributed by atoms with Crippen molar-refractivity contribution in [3.8, 4) is 0 Å². The van der Waals surface area contributed by atoms with Crippen LogP contribution in [0.2, 0.25) is 6.04 Å². The molecule has 0 amide bonds. The first-order valence-electron chi connectivity index (χ1n) is 4.81. The number of carbonyl (C=O) groups excluding carboxylic acids is 1. The van der Waals surface area contributed by atoms with Gasteiger partial charge in [-0.2, -0.15) is 0 Å². The van der Waals surface area contributed by atoms with Crippen molar-refractivity contribution in [2.45, 2.75) is 19.4 Å². The van der Waals surface area contributed by atoms with E-state index in [9.17, 15) is 4.79 Å². The molecule has 6 nitrogen and oxygen atoms in total. The van der Waals surface area contributed by atoms with Gasteiger partial charge in [0.2, 0.25) is 0 Å². The molecule has 1 heterocycles. The third kappa shape index (κ3) is 7.13. The topological polar surface area (TPSA) is 63.2 Å². The summed E-state index contributed by atoms with van der Waals surface area (Å²) in [5.74, 6) is -0.238. The number of hydrogen-bond acceptors (Lipinski definition) is 6. The lowest BCUT2D eigenvalue weighted by Gasteiger charge is -2.20. The Kier molecular flexibility index (Phi) is 7.37. The number of rotatable bonds is 4. The van der Waals surface area contributed by atoms with E-state index in [-0.39, 0.29) is 5.97 Å². The smallest absolute Gasteiger partial charge is 0.303 e. The molecule has 1 rings (SSSR count). The highest BCUT2D eigenvalue weighted by atomic mass is 28.4. The first-order chi connectivity index (χ1) is 7.29. The molecule has 1 saturated heterocycles. The molecule has 1 aliphatic heterocycles. The average Bonchev–Trinajstić information content (AvgIpc) is 2.14. The summed E-state index contributed by atoms with van der Waals surface area (Å²) in [6, 6.07) is 0.863. The highest BCUT2D eigenvalue weighted by Gasteiger charge is 2.15. The van der Waals surface area contributed by atoms with Gasteiger partial charge in [-0.25, -0.2) is 0 Å². The van der Waals surface area contributed by atoms with Gasteiger partial charge in [-0.05, 0) is 12.5 Å². The number of carbonyl (C=O) groups is 1. The van der Waals surface area contributed by atoms with Crippen LogP contribution in [-0.4, -0.2) is 51.9 Å². The molecule has 88 valence electrons. The van der Waals surface area contributed by atoms with Crippen LogP contribution in [0.15, 0.2) is 0 Å². The molecule has 0 aromatic heterocycles.